The molecule has 1 aromatic carbocycles. The number of carbonyl (C=O) groups excluding carboxylic acids is 2. The highest BCUT2D eigenvalue weighted by atomic mass is 16.2. The van der Waals surface area contributed by atoms with Gasteiger partial charge in [-0.1, -0.05) is 12.1 Å². The predicted molar refractivity (Wildman–Crippen MR) is 73.6 cm³/mol. The van der Waals surface area contributed by atoms with Gasteiger partial charge in [0.15, 0.2) is 0 Å². The van der Waals surface area contributed by atoms with Crippen LogP contribution in [-0.4, -0.2) is 24.4 Å². The lowest BCUT2D eigenvalue weighted by molar-refractivity contribution is -0.119. The Labute approximate surface area is 112 Å². The standard InChI is InChI=1S/C14H19N3O2/c1-10(18)16-12-4-2-11(3-5-12)8-15-9-13-6-7-14(19)17-13/h2-5,13,15H,6-9H2,1H3,(H,16,18)(H,17,19). The molecule has 1 aliphatic heterocycles. The number of amides is 2. The molecule has 102 valence electrons. The first kappa shape index (κ1) is 13.5. The van der Waals surface area contributed by atoms with E-state index in [1.54, 1.807) is 0 Å². The number of carbonyl (C=O) groups is 2. The van der Waals surface area contributed by atoms with Gasteiger partial charge in [0.1, 0.15) is 0 Å². The van der Waals surface area contributed by atoms with Gasteiger partial charge in [-0.05, 0) is 24.1 Å². The first-order valence-corrected chi connectivity index (χ1v) is 6.50. The highest BCUT2D eigenvalue weighted by molar-refractivity contribution is 5.88. The van der Waals surface area contributed by atoms with E-state index in [1.807, 2.05) is 24.3 Å². The zero-order valence-electron chi connectivity index (χ0n) is 11.0. The zero-order chi connectivity index (χ0) is 13.7. The summed E-state index contributed by atoms with van der Waals surface area (Å²) >= 11 is 0. The van der Waals surface area contributed by atoms with Crippen molar-refractivity contribution in [3.63, 3.8) is 0 Å². The fourth-order valence-corrected chi connectivity index (χ4v) is 2.13. The van der Waals surface area contributed by atoms with E-state index in [1.165, 1.54) is 6.92 Å². The third-order valence-corrected chi connectivity index (χ3v) is 3.08. The molecule has 1 unspecified atom stereocenters. The fourth-order valence-electron chi connectivity index (χ4n) is 2.13. The van der Waals surface area contributed by atoms with E-state index in [0.717, 1.165) is 30.8 Å². The van der Waals surface area contributed by atoms with Gasteiger partial charge in [-0.2, -0.15) is 0 Å². The molecule has 1 atom stereocenters. The van der Waals surface area contributed by atoms with Crippen LogP contribution >= 0.6 is 0 Å². The summed E-state index contributed by atoms with van der Waals surface area (Å²) in [5, 5.41) is 8.98. The summed E-state index contributed by atoms with van der Waals surface area (Å²) in [5.74, 6) is 0.0781. The topological polar surface area (TPSA) is 70.2 Å². The van der Waals surface area contributed by atoms with Crippen molar-refractivity contribution in [1.82, 2.24) is 10.6 Å². The second kappa shape index (κ2) is 6.33. The quantitative estimate of drug-likeness (QED) is 0.741. The zero-order valence-corrected chi connectivity index (χ0v) is 11.0. The molecule has 2 amide bonds. The molecule has 19 heavy (non-hydrogen) atoms. The monoisotopic (exact) mass is 261 g/mol. The minimum absolute atomic E-state index is 0.0668. The van der Waals surface area contributed by atoms with Crippen LogP contribution in [0.2, 0.25) is 0 Å². The molecule has 1 aromatic rings. The number of benzene rings is 1. The maximum atomic E-state index is 11.0. The van der Waals surface area contributed by atoms with Gasteiger partial charge in [0.05, 0.1) is 0 Å². The van der Waals surface area contributed by atoms with Crippen LogP contribution in [-0.2, 0) is 16.1 Å². The van der Waals surface area contributed by atoms with E-state index in [9.17, 15) is 9.59 Å². The number of hydrogen-bond acceptors (Lipinski definition) is 3. The van der Waals surface area contributed by atoms with Crippen molar-refractivity contribution in [2.24, 2.45) is 0 Å². The molecular weight excluding hydrogens is 242 g/mol. The predicted octanol–water partition coefficient (Wildman–Crippen LogP) is 1.01. The number of anilines is 1. The van der Waals surface area contributed by atoms with Crippen LogP contribution in [0.15, 0.2) is 24.3 Å². The van der Waals surface area contributed by atoms with Crippen molar-refractivity contribution in [1.29, 1.82) is 0 Å². The minimum Gasteiger partial charge on any atom is -0.352 e. The third kappa shape index (κ3) is 4.37. The molecule has 1 aliphatic rings. The normalized spacial score (nSPS) is 18.2. The summed E-state index contributed by atoms with van der Waals surface area (Å²) in [5.41, 5.74) is 1.96. The molecule has 0 aromatic heterocycles. The Kier molecular flexibility index (Phi) is 4.52. The lowest BCUT2D eigenvalue weighted by Crippen LogP contribution is -2.35. The Balaban J connectivity index is 1.73. The average molecular weight is 261 g/mol. The van der Waals surface area contributed by atoms with E-state index < -0.39 is 0 Å². The lowest BCUT2D eigenvalue weighted by Gasteiger charge is -2.11. The Hall–Kier alpha value is -1.88. The molecule has 0 spiro atoms. The van der Waals surface area contributed by atoms with E-state index in [4.69, 9.17) is 0 Å². The van der Waals surface area contributed by atoms with Gasteiger partial charge in [0.2, 0.25) is 11.8 Å². The molecule has 5 heteroatoms. The summed E-state index contributed by atoms with van der Waals surface area (Å²) < 4.78 is 0. The van der Waals surface area contributed by atoms with E-state index in [2.05, 4.69) is 16.0 Å². The van der Waals surface area contributed by atoms with E-state index in [0.29, 0.717) is 6.42 Å². The largest absolute Gasteiger partial charge is 0.352 e. The molecule has 0 aliphatic carbocycles. The van der Waals surface area contributed by atoms with Crippen LogP contribution in [0.1, 0.15) is 25.3 Å². The Morgan fingerprint density at radius 2 is 2.11 bits per heavy atom. The van der Waals surface area contributed by atoms with Crippen LogP contribution in [0.5, 0.6) is 0 Å². The number of rotatable bonds is 5. The smallest absolute Gasteiger partial charge is 0.221 e. The van der Waals surface area contributed by atoms with Gasteiger partial charge in [0, 0.05) is 38.2 Å². The van der Waals surface area contributed by atoms with Crippen molar-refractivity contribution in [3.8, 4) is 0 Å². The van der Waals surface area contributed by atoms with Gasteiger partial charge in [-0.25, -0.2) is 0 Å². The van der Waals surface area contributed by atoms with Crippen LogP contribution in [0.25, 0.3) is 0 Å². The van der Waals surface area contributed by atoms with Crippen molar-refractivity contribution in [2.75, 3.05) is 11.9 Å². The summed E-state index contributed by atoms with van der Waals surface area (Å²) in [6, 6.07) is 7.98. The van der Waals surface area contributed by atoms with Crippen LogP contribution < -0.4 is 16.0 Å². The van der Waals surface area contributed by atoms with Gasteiger partial charge in [-0.15, -0.1) is 0 Å². The summed E-state index contributed by atoms with van der Waals surface area (Å²) in [6.07, 6.45) is 1.55. The van der Waals surface area contributed by atoms with Crippen LogP contribution in [0, 0.1) is 0 Å². The van der Waals surface area contributed by atoms with Crippen LogP contribution in [0.3, 0.4) is 0 Å². The maximum absolute atomic E-state index is 11.0. The van der Waals surface area contributed by atoms with Gasteiger partial charge < -0.3 is 16.0 Å². The van der Waals surface area contributed by atoms with Crippen molar-refractivity contribution < 1.29 is 9.59 Å². The number of nitrogens with one attached hydrogen (secondary N) is 3. The minimum atomic E-state index is -0.0668. The maximum Gasteiger partial charge on any atom is 0.221 e. The Morgan fingerprint density at radius 1 is 1.37 bits per heavy atom. The molecule has 0 bridgehead atoms. The highest BCUT2D eigenvalue weighted by Gasteiger charge is 2.19. The number of hydrogen-bond donors (Lipinski definition) is 3. The second-order valence-electron chi connectivity index (χ2n) is 4.81. The van der Waals surface area contributed by atoms with Gasteiger partial charge in [-0.3, -0.25) is 9.59 Å². The molecule has 1 fully saturated rings. The molecule has 0 saturated carbocycles. The molecule has 1 saturated heterocycles. The van der Waals surface area contributed by atoms with Crippen molar-refractivity contribution >= 4 is 17.5 Å². The summed E-state index contributed by atoms with van der Waals surface area (Å²) in [7, 11) is 0. The van der Waals surface area contributed by atoms with Crippen molar-refractivity contribution in [3.05, 3.63) is 29.8 Å². The van der Waals surface area contributed by atoms with E-state index in [-0.39, 0.29) is 17.9 Å². The fraction of sp³-hybridized carbons (Fsp3) is 0.429. The third-order valence-electron chi connectivity index (χ3n) is 3.08. The highest BCUT2D eigenvalue weighted by Crippen LogP contribution is 2.10. The van der Waals surface area contributed by atoms with Gasteiger partial charge in [0.25, 0.3) is 0 Å². The molecule has 2 rings (SSSR count). The van der Waals surface area contributed by atoms with Crippen LogP contribution in [0.4, 0.5) is 5.69 Å². The van der Waals surface area contributed by atoms with Crippen molar-refractivity contribution in [2.45, 2.75) is 32.4 Å². The first-order valence-electron chi connectivity index (χ1n) is 6.50. The Bertz CT molecular complexity index is 456. The summed E-state index contributed by atoms with van der Waals surface area (Å²) in [6.45, 7) is 3.04. The average Bonchev–Trinajstić information content (AvgIpc) is 2.77. The van der Waals surface area contributed by atoms with Gasteiger partial charge >= 0.3 is 0 Å². The second-order valence-corrected chi connectivity index (χ2v) is 4.81. The Morgan fingerprint density at radius 3 is 2.68 bits per heavy atom. The molecular formula is C14H19N3O2. The summed E-state index contributed by atoms with van der Waals surface area (Å²) in [4.78, 5) is 21.9. The SMILES string of the molecule is CC(=O)Nc1ccc(CNCC2CCC(=O)N2)cc1. The molecule has 1 heterocycles. The molecule has 3 N–H and O–H groups in total. The molecule has 5 nitrogen and oxygen atoms in total. The molecule has 0 radical (unpaired) electrons. The lowest BCUT2D eigenvalue weighted by atomic mass is 10.2. The first-order chi connectivity index (χ1) is 9.13. The van der Waals surface area contributed by atoms with E-state index >= 15 is 0 Å².